The largest absolute Gasteiger partial charge is 0.359 e. The van der Waals surface area contributed by atoms with Gasteiger partial charge in [-0.1, -0.05) is 49.6 Å². The average molecular weight is 399 g/mol. The van der Waals surface area contributed by atoms with Crippen LogP contribution in [-0.4, -0.2) is 49.1 Å². The van der Waals surface area contributed by atoms with Crippen LogP contribution >= 0.6 is 0 Å². The smallest absolute Gasteiger partial charge is 0.315 e. The normalized spacial score (nSPS) is 30.0. The fourth-order valence-electron chi connectivity index (χ4n) is 5.81. The Bertz CT molecular complexity index is 719. The molecule has 1 aromatic carbocycles. The first-order valence-electron chi connectivity index (χ1n) is 11.1. The first-order chi connectivity index (χ1) is 14.1. The summed E-state index contributed by atoms with van der Waals surface area (Å²) in [6.07, 6.45) is 7.44. The van der Waals surface area contributed by atoms with Gasteiger partial charge in [-0.2, -0.15) is 0 Å². The standard InChI is InChI=1S/C23H34N4O2/c1-24-21(28)23-13-20(26-22(29)25-19-10-6-3-7-11-19)12-18(23)15-27(16-23)14-17-8-4-2-5-9-17/h2,4-5,8-9,18-20H,3,6-7,10-16H2,1H3,(H,24,28)(H2,25,26,29)/t18-,20-,23-/m0/s1. The van der Waals surface area contributed by atoms with Crippen LogP contribution in [0.2, 0.25) is 0 Å². The molecule has 0 spiro atoms. The molecular formula is C23H34N4O2. The van der Waals surface area contributed by atoms with E-state index < -0.39 is 5.41 Å². The third-order valence-corrected chi connectivity index (χ3v) is 7.15. The molecule has 1 saturated heterocycles. The summed E-state index contributed by atoms with van der Waals surface area (Å²) >= 11 is 0. The van der Waals surface area contributed by atoms with Gasteiger partial charge in [0.05, 0.1) is 5.41 Å². The summed E-state index contributed by atoms with van der Waals surface area (Å²) in [7, 11) is 1.73. The molecule has 3 fully saturated rings. The van der Waals surface area contributed by atoms with Crippen molar-refractivity contribution in [3.8, 4) is 0 Å². The molecule has 0 bridgehead atoms. The van der Waals surface area contributed by atoms with Crippen molar-refractivity contribution in [3.05, 3.63) is 35.9 Å². The van der Waals surface area contributed by atoms with Gasteiger partial charge in [0, 0.05) is 38.8 Å². The van der Waals surface area contributed by atoms with E-state index in [4.69, 9.17) is 0 Å². The molecule has 3 aliphatic rings. The SMILES string of the molecule is CNC(=O)[C@]12C[C@@H](NC(=O)NC3CCCCC3)C[C@H]1CN(Cc1ccccc1)C2. The average Bonchev–Trinajstić information content (AvgIpc) is 3.22. The van der Waals surface area contributed by atoms with Crippen LogP contribution in [0.15, 0.2) is 30.3 Å². The zero-order chi connectivity index (χ0) is 20.3. The van der Waals surface area contributed by atoms with E-state index in [9.17, 15) is 9.59 Å². The van der Waals surface area contributed by atoms with Gasteiger partial charge in [-0.25, -0.2) is 4.79 Å². The lowest BCUT2D eigenvalue weighted by molar-refractivity contribution is -0.131. The molecule has 6 heteroatoms. The van der Waals surface area contributed by atoms with E-state index in [0.29, 0.717) is 6.04 Å². The Morgan fingerprint density at radius 1 is 1.07 bits per heavy atom. The van der Waals surface area contributed by atoms with Crippen LogP contribution in [0.4, 0.5) is 4.79 Å². The van der Waals surface area contributed by atoms with E-state index in [1.165, 1.54) is 24.8 Å². The second-order valence-corrected chi connectivity index (χ2v) is 9.18. The molecule has 0 aromatic heterocycles. The number of hydrogen-bond acceptors (Lipinski definition) is 3. The van der Waals surface area contributed by atoms with Crippen LogP contribution < -0.4 is 16.0 Å². The van der Waals surface area contributed by atoms with Gasteiger partial charge in [-0.15, -0.1) is 0 Å². The van der Waals surface area contributed by atoms with Gasteiger partial charge in [-0.3, -0.25) is 9.69 Å². The van der Waals surface area contributed by atoms with Gasteiger partial charge in [-0.05, 0) is 37.2 Å². The van der Waals surface area contributed by atoms with Crippen molar-refractivity contribution in [1.29, 1.82) is 0 Å². The van der Waals surface area contributed by atoms with Crippen molar-refractivity contribution in [2.75, 3.05) is 20.1 Å². The third kappa shape index (κ3) is 4.42. The summed E-state index contributed by atoms with van der Waals surface area (Å²) in [5.74, 6) is 0.404. The summed E-state index contributed by atoms with van der Waals surface area (Å²) in [4.78, 5) is 27.8. The number of benzene rings is 1. The fraction of sp³-hybridized carbons (Fsp3) is 0.652. The van der Waals surface area contributed by atoms with E-state index in [2.05, 4.69) is 45.1 Å². The predicted molar refractivity (Wildman–Crippen MR) is 113 cm³/mol. The van der Waals surface area contributed by atoms with Gasteiger partial charge in [0.15, 0.2) is 0 Å². The van der Waals surface area contributed by atoms with Crippen molar-refractivity contribution in [1.82, 2.24) is 20.9 Å². The number of nitrogens with one attached hydrogen (secondary N) is 3. The van der Waals surface area contributed by atoms with Gasteiger partial charge in [0.2, 0.25) is 5.91 Å². The summed E-state index contributed by atoms with van der Waals surface area (Å²) in [6, 6.07) is 10.7. The Morgan fingerprint density at radius 3 is 2.52 bits per heavy atom. The topological polar surface area (TPSA) is 73.5 Å². The maximum absolute atomic E-state index is 12.9. The molecule has 2 saturated carbocycles. The highest BCUT2D eigenvalue weighted by molar-refractivity contribution is 5.84. The molecule has 29 heavy (non-hydrogen) atoms. The van der Waals surface area contributed by atoms with Crippen LogP contribution in [0.25, 0.3) is 0 Å². The lowest BCUT2D eigenvalue weighted by Crippen LogP contribution is -2.48. The van der Waals surface area contributed by atoms with Crippen LogP contribution in [0, 0.1) is 11.3 Å². The summed E-state index contributed by atoms with van der Waals surface area (Å²) in [6.45, 7) is 2.54. The van der Waals surface area contributed by atoms with Gasteiger partial charge >= 0.3 is 6.03 Å². The van der Waals surface area contributed by atoms with E-state index >= 15 is 0 Å². The number of fused-ring (bicyclic) bond motifs is 1. The molecule has 6 nitrogen and oxygen atoms in total. The van der Waals surface area contributed by atoms with Crippen molar-refractivity contribution < 1.29 is 9.59 Å². The van der Waals surface area contributed by atoms with E-state index in [1.54, 1.807) is 7.05 Å². The zero-order valence-electron chi connectivity index (χ0n) is 17.5. The molecule has 1 aromatic rings. The number of carbonyl (C=O) groups is 2. The Balaban J connectivity index is 1.36. The van der Waals surface area contributed by atoms with Crippen molar-refractivity contribution in [2.24, 2.45) is 11.3 Å². The van der Waals surface area contributed by atoms with Gasteiger partial charge in [0.25, 0.3) is 0 Å². The van der Waals surface area contributed by atoms with E-state index in [1.807, 2.05) is 6.07 Å². The molecule has 4 rings (SSSR count). The number of amides is 3. The van der Waals surface area contributed by atoms with E-state index in [-0.39, 0.29) is 23.9 Å². The molecule has 158 valence electrons. The Hall–Kier alpha value is -2.08. The molecule has 3 atom stereocenters. The lowest BCUT2D eigenvalue weighted by Gasteiger charge is -2.28. The molecule has 0 radical (unpaired) electrons. The fourth-order valence-corrected chi connectivity index (χ4v) is 5.81. The lowest BCUT2D eigenvalue weighted by atomic mass is 9.80. The first kappa shape index (κ1) is 20.2. The highest BCUT2D eigenvalue weighted by Gasteiger charge is 2.57. The number of urea groups is 1. The first-order valence-corrected chi connectivity index (χ1v) is 11.1. The minimum Gasteiger partial charge on any atom is -0.359 e. The Labute approximate surface area is 173 Å². The second-order valence-electron chi connectivity index (χ2n) is 9.18. The molecule has 0 unspecified atom stereocenters. The monoisotopic (exact) mass is 398 g/mol. The zero-order valence-corrected chi connectivity index (χ0v) is 17.5. The molecule has 2 aliphatic carbocycles. The Kier molecular flexibility index (Phi) is 6.09. The molecule has 1 heterocycles. The van der Waals surface area contributed by atoms with Crippen LogP contribution in [-0.2, 0) is 11.3 Å². The highest BCUT2D eigenvalue weighted by atomic mass is 16.2. The predicted octanol–water partition coefficient (Wildman–Crippen LogP) is 2.65. The highest BCUT2D eigenvalue weighted by Crippen LogP contribution is 2.49. The summed E-state index contributed by atoms with van der Waals surface area (Å²) in [5.41, 5.74) is 0.882. The number of likely N-dealkylation sites (tertiary alicyclic amines) is 1. The number of hydrogen-bond donors (Lipinski definition) is 3. The number of nitrogens with zero attached hydrogens (tertiary/aromatic N) is 1. The Morgan fingerprint density at radius 2 is 1.79 bits per heavy atom. The molecule has 3 N–H and O–H groups in total. The molecular weight excluding hydrogens is 364 g/mol. The molecule has 3 amide bonds. The van der Waals surface area contributed by atoms with Crippen molar-refractivity contribution >= 4 is 11.9 Å². The number of carbonyl (C=O) groups excluding carboxylic acids is 2. The van der Waals surface area contributed by atoms with Gasteiger partial charge in [0.1, 0.15) is 0 Å². The van der Waals surface area contributed by atoms with Crippen molar-refractivity contribution in [2.45, 2.75) is 63.6 Å². The maximum atomic E-state index is 12.9. The summed E-state index contributed by atoms with van der Waals surface area (Å²) in [5, 5.41) is 9.22. The maximum Gasteiger partial charge on any atom is 0.315 e. The van der Waals surface area contributed by atoms with E-state index in [0.717, 1.165) is 45.3 Å². The second kappa shape index (κ2) is 8.74. The van der Waals surface area contributed by atoms with Gasteiger partial charge < -0.3 is 16.0 Å². The molecule has 1 aliphatic heterocycles. The van der Waals surface area contributed by atoms with Crippen LogP contribution in [0.1, 0.15) is 50.5 Å². The quantitative estimate of drug-likeness (QED) is 0.714. The third-order valence-electron chi connectivity index (χ3n) is 7.15. The van der Waals surface area contributed by atoms with Crippen LogP contribution in [0.3, 0.4) is 0 Å². The number of rotatable bonds is 5. The summed E-state index contributed by atoms with van der Waals surface area (Å²) < 4.78 is 0. The van der Waals surface area contributed by atoms with Crippen molar-refractivity contribution in [3.63, 3.8) is 0 Å². The van der Waals surface area contributed by atoms with Crippen LogP contribution in [0.5, 0.6) is 0 Å². The minimum atomic E-state index is -0.397. The minimum absolute atomic E-state index is 0.0601.